The number of hydrogen-bond acceptors (Lipinski definition) is 4. The molecule has 2 heterocycles. The van der Waals surface area contributed by atoms with E-state index in [0.29, 0.717) is 17.3 Å². The third kappa shape index (κ3) is 3.31. The van der Waals surface area contributed by atoms with Gasteiger partial charge in [-0.15, -0.1) is 0 Å². The number of rotatable bonds is 4. The van der Waals surface area contributed by atoms with E-state index in [1.165, 1.54) is 0 Å². The Bertz CT molecular complexity index is 1510. The van der Waals surface area contributed by atoms with E-state index >= 15 is 0 Å². The summed E-state index contributed by atoms with van der Waals surface area (Å²) in [6.45, 7) is 1.85. The zero-order chi connectivity index (χ0) is 22.2. The number of nitrogens with zero attached hydrogens (tertiary/aromatic N) is 4. The van der Waals surface area contributed by atoms with Crippen LogP contribution in [0.4, 0.5) is 0 Å². The second-order valence-electron chi connectivity index (χ2n) is 7.82. The van der Waals surface area contributed by atoms with Crippen LogP contribution in [-0.2, 0) is 0 Å². The van der Waals surface area contributed by atoms with E-state index < -0.39 is 0 Å². The van der Waals surface area contributed by atoms with Crippen LogP contribution in [0, 0.1) is 6.92 Å². The molecular formula is C28H20N4O. The first-order valence-electron chi connectivity index (χ1n) is 10.8. The molecule has 0 spiro atoms. The maximum atomic E-state index is 5.95. The molecule has 158 valence electrons. The van der Waals surface area contributed by atoms with E-state index in [1.54, 1.807) is 6.33 Å². The number of para-hydroxylation sites is 2. The van der Waals surface area contributed by atoms with Gasteiger partial charge < -0.3 is 4.42 Å². The normalized spacial score (nSPS) is 11.2. The van der Waals surface area contributed by atoms with Gasteiger partial charge in [0, 0.05) is 18.1 Å². The van der Waals surface area contributed by atoms with Gasteiger partial charge in [-0.25, -0.2) is 14.6 Å². The van der Waals surface area contributed by atoms with E-state index in [4.69, 9.17) is 9.52 Å². The lowest BCUT2D eigenvalue weighted by molar-refractivity contribution is 0.561. The second kappa shape index (κ2) is 7.88. The van der Waals surface area contributed by atoms with Gasteiger partial charge in [0.1, 0.15) is 11.8 Å². The molecule has 0 aliphatic carbocycles. The van der Waals surface area contributed by atoms with Crippen LogP contribution in [-0.4, -0.2) is 19.7 Å². The topological polar surface area (TPSA) is 56.7 Å². The molecule has 0 aliphatic heterocycles. The summed E-state index contributed by atoms with van der Waals surface area (Å²) in [5.41, 5.74) is 7.71. The second-order valence-corrected chi connectivity index (χ2v) is 7.82. The Balaban J connectivity index is 1.66. The fourth-order valence-electron chi connectivity index (χ4n) is 4.30. The van der Waals surface area contributed by atoms with Crippen LogP contribution in [0.3, 0.4) is 0 Å². The van der Waals surface area contributed by atoms with Crippen molar-refractivity contribution in [1.82, 2.24) is 19.7 Å². The van der Waals surface area contributed by atoms with Crippen molar-refractivity contribution >= 4 is 11.1 Å². The van der Waals surface area contributed by atoms with Crippen molar-refractivity contribution in [2.24, 2.45) is 0 Å². The van der Waals surface area contributed by atoms with E-state index in [1.807, 2.05) is 41.9 Å². The number of hydrogen-bond donors (Lipinski definition) is 0. The maximum absolute atomic E-state index is 5.95. The Labute approximate surface area is 191 Å². The average Bonchev–Trinajstić information content (AvgIpc) is 3.50. The van der Waals surface area contributed by atoms with Crippen molar-refractivity contribution in [3.05, 3.63) is 109 Å². The van der Waals surface area contributed by atoms with E-state index in [2.05, 4.69) is 76.7 Å². The fourth-order valence-corrected chi connectivity index (χ4v) is 4.30. The highest BCUT2D eigenvalue weighted by atomic mass is 16.3. The first kappa shape index (κ1) is 19.2. The molecule has 5 nitrogen and oxygen atoms in total. The van der Waals surface area contributed by atoms with Crippen LogP contribution in [0.25, 0.3) is 50.4 Å². The molecule has 0 aliphatic rings. The number of oxazole rings is 1. The van der Waals surface area contributed by atoms with Crippen LogP contribution in [0.2, 0.25) is 0 Å². The lowest BCUT2D eigenvalue weighted by Crippen LogP contribution is -2.04. The summed E-state index contributed by atoms with van der Waals surface area (Å²) in [7, 11) is 0. The summed E-state index contributed by atoms with van der Waals surface area (Å²) in [5.74, 6) is 1.33. The number of fused-ring (bicyclic) bond motifs is 1. The van der Waals surface area contributed by atoms with Gasteiger partial charge in [0.05, 0.1) is 11.3 Å². The highest BCUT2D eigenvalue weighted by molar-refractivity contribution is 5.91. The lowest BCUT2D eigenvalue weighted by Gasteiger charge is -2.17. The Morgan fingerprint density at radius 3 is 1.94 bits per heavy atom. The Morgan fingerprint density at radius 2 is 1.27 bits per heavy atom. The summed E-state index contributed by atoms with van der Waals surface area (Å²) in [4.78, 5) is 9.15. The summed E-state index contributed by atoms with van der Waals surface area (Å²) in [6, 6.07) is 33.0. The van der Waals surface area contributed by atoms with Crippen molar-refractivity contribution in [1.29, 1.82) is 0 Å². The van der Waals surface area contributed by atoms with Gasteiger partial charge in [0.2, 0.25) is 0 Å². The molecule has 0 bridgehead atoms. The van der Waals surface area contributed by atoms with Crippen molar-refractivity contribution < 1.29 is 4.42 Å². The Kier molecular flexibility index (Phi) is 4.58. The molecule has 0 fully saturated rings. The van der Waals surface area contributed by atoms with Gasteiger partial charge in [-0.1, -0.05) is 84.9 Å². The highest BCUT2D eigenvalue weighted by Gasteiger charge is 2.21. The van der Waals surface area contributed by atoms with Crippen molar-refractivity contribution in [3.63, 3.8) is 0 Å². The van der Waals surface area contributed by atoms with Crippen LogP contribution in [0.1, 0.15) is 5.89 Å². The molecule has 33 heavy (non-hydrogen) atoms. The molecule has 0 saturated carbocycles. The molecule has 4 aromatic carbocycles. The summed E-state index contributed by atoms with van der Waals surface area (Å²) < 4.78 is 7.87. The van der Waals surface area contributed by atoms with Crippen LogP contribution in [0.5, 0.6) is 0 Å². The predicted molar refractivity (Wildman–Crippen MR) is 130 cm³/mol. The molecule has 5 heteroatoms. The first-order valence-corrected chi connectivity index (χ1v) is 10.8. The molecule has 0 amide bonds. The molecule has 6 rings (SSSR count). The SMILES string of the molecule is Cc1nc2cccc(-c3ncnn3-c3c(-c4ccccc4)cccc3-c3ccccc3)c2o1. The minimum atomic E-state index is 0.623. The van der Waals surface area contributed by atoms with Crippen LogP contribution in [0.15, 0.2) is 108 Å². The van der Waals surface area contributed by atoms with Crippen molar-refractivity contribution in [3.8, 4) is 39.3 Å². The summed E-state index contributed by atoms with van der Waals surface area (Å²) in [5, 5.41) is 4.69. The predicted octanol–water partition coefficient (Wildman–Crippen LogP) is 6.72. The highest BCUT2D eigenvalue weighted by Crippen LogP contribution is 2.38. The largest absolute Gasteiger partial charge is 0.440 e. The molecular weight excluding hydrogens is 408 g/mol. The quantitative estimate of drug-likeness (QED) is 0.313. The minimum Gasteiger partial charge on any atom is -0.440 e. The van der Waals surface area contributed by atoms with E-state index in [9.17, 15) is 0 Å². The molecule has 0 radical (unpaired) electrons. The van der Waals surface area contributed by atoms with Gasteiger partial charge >= 0.3 is 0 Å². The molecule has 0 atom stereocenters. The molecule has 0 saturated heterocycles. The lowest BCUT2D eigenvalue weighted by atomic mass is 9.95. The van der Waals surface area contributed by atoms with E-state index in [-0.39, 0.29) is 0 Å². The molecule has 0 unspecified atom stereocenters. The Hall–Kier alpha value is -4.51. The summed E-state index contributed by atoms with van der Waals surface area (Å²) >= 11 is 0. The fraction of sp³-hybridized carbons (Fsp3) is 0.0357. The van der Waals surface area contributed by atoms with Gasteiger partial charge in [-0.3, -0.25) is 0 Å². The minimum absolute atomic E-state index is 0.623. The van der Waals surface area contributed by atoms with Crippen molar-refractivity contribution in [2.75, 3.05) is 0 Å². The van der Waals surface area contributed by atoms with Gasteiger partial charge in [-0.2, -0.15) is 5.10 Å². The standard InChI is InChI=1S/C28H20N4O/c1-19-31-25-17-9-16-24(27(25)33-19)28-29-18-30-32(28)26-22(20-10-4-2-5-11-20)14-8-15-23(26)21-12-6-3-7-13-21/h2-18H,1H3. The smallest absolute Gasteiger partial charge is 0.192 e. The molecule has 0 N–H and O–H groups in total. The van der Waals surface area contributed by atoms with Gasteiger partial charge in [-0.05, 0) is 23.3 Å². The monoisotopic (exact) mass is 428 g/mol. The van der Waals surface area contributed by atoms with Gasteiger partial charge in [0.15, 0.2) is 17.3 Å². The third-order valence-corrected chi connectivity index (χ3v) is 5.73. The first-order chi connectivity index (χ1) is 16.3. The Morgan fingerprint density at radius 1 is 0.667 bits per heavy atom. The zero-order valence-electron chi connectivity index (χ0n) is 18.0. The van der Waals surface area contributed by atoms with Crippen molar-refractivity contribution in [2.45, 2.75) is 6.92 Å². The van der Waals surface area contributed by atoms with Crippen LogP contribution >= 0.6 is 0 Å². The van der Waals surface area contributed by atoms with Crippen LogP contribution < -0.4 is 0 Å². The number of aryl methyl sites for hydroxylation is 1. The maximum Gasteiger partial charge on any atom is 0.192 e. The molecule has 6 aromatic rings. The molecule has 2 aromatic heterocycles. The van der Waals surface area contributed by atoms with E-state index in [0.717, 1.165) is 39.0 Å². The zero-order valence-corrected chi connectivity index (χ0v) is 18.0. The van der Waals surface area contributed by atoms with Gasteiger partial charge in [0.25, 0.3) is 0 Å². The average molecular weight is 428 g/mol. The summed E-state index contributed by atoms with van der Waals surface area (Å²) in [6.07, 6.45) is 1.59. The number of benzene rings is 4. The third-order valence-electron chi connectivity index (χ3n) is 5.73. The number of aromatic nitrogens is 4.